The molecule has 0 radical (unpaired) electrons. The van der Waals surface area contributed by atoms with Crippen molar-refractivity contribution in [3.63, 3.8) is 0 Å². The van der Waals surface area contributed by atoms with Gasteiger partial charge in [-0.3, -0.25) is 4.99 Å². The number of rotatable bonds is 3. The molecule has 0 aromatic rings. The summed E-state index contributed by atoms with van der Waals surface area (Å²) in [7, 11) is 3.91. The lowest BCUT2D eigenvalue weighted by Crippen LogP contribution is -2.27. The fourth-order valence-electron chi connectivity index (χ4n) is 1.53. The van der Waals surface area contributed by atoms with Crippen molar-refractivity contribution >= 4 is 17.3 Å². The van der Waals surface area contributed by atoms with E-state index in [-0.39, 0.29) is 0 Å². The van der Waals surface area contributed by atoms with Gasteiger partial charge in [-0.25, -0.2) is 0 Å². The Labute approximate surface area is 110 Å². The van der Waals surface area contributed by atoms with Crippen molar-refractivity contribution in [2.24, 2.45) is 10.7 Å². The van der Waals surface area contributed by atoms with Crippen LogP contribution < -0.4 is 11.1 Å². The zero-order valence-electron chi connectivity index (χ0n) is 11.4. The van der Waals surface area contributed by atoms with Gasteiger partial charge in [0.05, 0.1) is 10.7 Å². The van der Waals surface area contributed by atoms with E-state index in [0.717, 1.165) is 31.8 Å². The van der Waals surface area contributed by atoms with E-state index in [1.807, 2.05) is 20.9 Å². The first kappa shape index (κ1) is 16.4. The van der Waals surface area contributed by atoms with Gasteiger partial charge in [-0.05, 0) is 20.5 Å². The first-order chi connectivity index (χ1) is 8.15. The number of nitrogens with one attached hydrogen (secondary N) is 1. The SMILES string of the molecule is CC.CNC/C(N)=C(\Cl)C1=NCCCN(C)C1. The normalized spacial score (nSPS) is 18.5. The molecule has 100 valence electrons. The fourth-order valence-corrected chi connectivity index (χ4v) is 1.72. The van der Waals surface area contributed by atoms with Crippen molar-refractivity contribution < 1.29 is 0 Å². The van der Waals surface area contributed by atoms with Gasteiger partial charge in [-0.2, -0.15) is 0 Å². The lowest BCUT2D eigenvalue weighted by molar-refractivity contribution is 0.385. The number of hydrogen-bond donors (Lipinski definition) is 2. The summed E-state index contributed by atoms with van der Waals surface area (Å²) in [6, 6.07) is 0. The Balaban J connectivity index is 0.00000121. The second-order valence-electron chi connectivity index (χ2n) is 3.79. The highest BCUT2D eigenvalue weighted by molar-refractivity contribution is 6.44. The number of nitrogens with two attached hydrogens (primary N) is 1. The Morgan fingerprint density at radius 1 is 1.53 bits per heavy atom. The molecule has 17 heavy (non-hydrogen) atoms. The van der Waals surface area contributed by atoms with Crippen LogP contribution in [0, 0.1) is 0 Å². The number of aliphatic imine (C=N–C) groups is 1. The number of likely N-dealkylation sites (N-methyl/N-ethyl adjacent to an activating group) is 1. The van der Waals surface area contributed by atoms with Gasteiger partial charge < -0.3 is 16.0 Å². The summed E-state index contributed by atoms with van der Waals surface area (Å²) in [5.41, 5.74) is 7.41. The fraction of sp³-hybridized carbons (Fsp3) is 0.750. The van der Waals surface area contributed by atoms with Gasteiger partial charge in [0.15, 0.2) is 0 Å². The van der Waals surface area contributed by atoms with Crippen molar-refractivity contribution in [3.8, 4) is 0 Å². The summed E-state index contributed by atoms with van der Waals surface area (Å²) in [6.45, 7) is 7.27. The maximum absolute atomic E-state index is 6.18. The average Bonchev–Trinajstić information content (AvgIpc) is 2.56. The van der Waals surface area contributed by atoms with Gasteiger partial charge in [0.1, 0.15) is 0 Å². The van der Waals surface area contributed by atoms with E-state index in [0.29, 0.717) is 17.3 Å². The first-order valence-corrected chi connectivity index (χ1v) is 6.54. The summed E-state index contributed by atoms with van der Waals surface area (Å²) < 4.78 is 0. The maximum Gasteiger partial charge on any atom is 0.0830 e. The first-order valence-electron chi connectivity index (χ1n) is 6.16. The van der Waals surface area contributed by atoms with Gasteiger partial charge >= 0.3 is 0 Å². The summed E-state index contributed by atoms with van der Waals surface area (Å²) in [5.74, 6) is 0. The Bertz CT molecular complexity index is 274. The molecular weight excluding hydrogens is 236 g/mol. The summed E-state index contributed by atoms with van der Waals surface area (Å²) in [6.07, 6.45) is 1.08. The van der Waals surface area contributed by atoms with Crippen LogP contribution in [0.5, 0.6) is 0 Å². The molecule has 1 rings (SSSR count). The topological polar surface area (TPSA) is 53.6 Å². The molecule has 0 spiro atoms. The Hall–Kier alpha value is -0.580. The highest BCUT2D eigenvalue weighted by Gasteiger charge is 2.13. The van der Waals surface area contributed by atoms with E-state index in [1.165, 1.54) is 0 Å². The molecule has 0 amide bonds. The number of halogens is 1. The largest absolute Gasteiger partial charge is 0.400 e. The van der Waals surface area contributed by atoms with Crippen LogP contribution >= 0.6 is 11.6 Å². The third-order valence-electron chi connectivity index (χ3n) is 2.32. The minimum absolute atomic E-state index is 0.599. The molecule has 0 bridgehead atoms. The van der Waals surface area contributed by atoms with Crippen LogP contribution in [0.4, 0.5) is 0 Å². The van der Waals surface area contributed by atoms with Crippen LogP contribution in [0.25, 0.3) is 0 Å². The molecule has 0 atom stereocenters. The minimum Gasteiger partial charge on any atom is -0.400 e. The van der Waals surface area contributed by atoms with E-state index in [2.05, 4.69) is 22.3 Å². The second kappa shape index (κ2) is 9.45. The van der Waals surface area contributed by atoms with E-state index >= 15 is 0 Å². The van der Waals surface area contributed by atoms with Crippen molar-refractivity contribution in [1.29, 1.82) is 0 Å². The summed E-state index contributed by atoms with van der Waals surface area (Å²) >= 11 is 6.18. The lowest BCUT2D eigenvalue weighted by Gasteiger charge is -2.14. The highest BCUT2D eigenvalue weighted by Crippen LogP contribution is 2.11. The summed E-state index contributed by atoms with van der Waals surface area (Å²) in [5, 5.41) is 3.59. The van der Waals surface area contributed by atoms with Crippen LogP contribution in [-0.4, -0.2) is 50.9 Å². The van der Waals surface area contributed by atoms with Crippen LogP contribution in [-0.2, 0) is 0 Å². The minimum atomic E-state index is 0.599. The lowest BCUT2D eigenvalue weighted by atomic mass is 10.2. The van der Waals surface area contributed by atoms with Crippen LogP contribution in [0.2, 0.25) is 0 Å². The highest BCUT2D eigenvalue weighted by atomic mass is 35.5. The molecule has 3 N–H and O–H groups in total. The number of nitrogens with zero attached hydrogens (tertiary/aromatic N) is 2. The molecule has 0 aromatic heterocycles. The van der Waals surface area contributed by atoms with E-state index < -0.39 is 0 Å². The zero-order chi connectivity index (χ0) is 13.3. The molecular formula is C12H25ClN4. The van der Waals surface area contributed by atoms with Crippen molar-refractivity contribution in [1.82, 2.24) is 10.2 Å². The van der Waals surface area contributed by atoms with Crippen LogP contribution in [0.1, 0.15) is 20.3 Å². The van der Waals surface area contributed by atoms with E-state index in [9.17, 15) is 0 Å². The van der Waals surface area contributed by atoms with Gasteiger partial charge in [0, 0.05) is 31.9 Å². The molecule has 5 heteroatoms. The Morgan fingerprint density at radius 3 is 2.76 bits per heavy atom. The third-order valence-corrected chi connectivity index (χ3v) is 2.78. The van der Waals surface area contributed by atoms with Gasteiger partial charge in [-0.15, -0.1) is 0 Å². The molecule has 0 aliphatic carbocycles. The van der Waals surface area contributed by atoms with Gasteiger partial charge in [-0.1, -0.05) is 25.4 Å². The van der Waals surface area contributed by atoms with E-state index in [4.69, 9.17) is 17.3 Å². The Kier molecular flexibility index (Phi) is 9.13. The predicted molar refractivity (Wildman–Crippen MR) is 76.8 cm³/mol. The quantitative estimate of drug-likeness (QED) is 0.807. The molecule has 4 nitrogen and oxygen atoms in total. The smallest absolute Gasteiger partial charge is 0.0830 e. The monoisotopic (exact) mass is 260 g/mol. The molecule has 0 saturated heterocycles. The Morgan fingerprint density at radius 2 is 2.18 bits per heavy atom. The maximum atomic E-state index is 6.18. The molecule has 0 fully saturated rings. The van der Waals surface area contributed by atoms with Gasteiger partial charge in [0.25, 0.3) is 0 Å². The zero-order valence-corrected chi connectivity index (χ0v) is 12.1. The molecule has 0 aromatic carbocycles. The third kappa shape index (κ3) is 6.05. The molecule has 1 aliphatic rings. The molecule has 0 unspecified atom stereocenters. The van der Waals surface area contributed by atoms with Crippen molar-refractivity contribution in [2.75, 3.05) is 40.3 Å². The average molecular weight is 261 g/mol. The van der Waals surface area contributed by atoms with Crippen LogP contribution in [0.3, 0.4) is 0 Å². The van der Waals surface area contributed by atoms with E-state index in [1.54, 1.807) is 0 Å². The second-order valence-corrected chi connectivity index (χ2v) is 4.17. The molecule has 0 saturated carbocycles. The van der Waals surface area contributed by atoms with Crippen molar-refractivity contribution in [3.05, 3.63) is 10.7 Å². The standard InChI is InChI=1S/C10H19ClN4.C2H6/c1-13-6-8(12)10(11)9-7-15(2)5-3-4-14-9;1-2/h13H,3-7,12H2,1-2H3;1-2H3/b10-8+;. The predicted octanol–water partition coefficient (Wildman–Crippen LogP) is 1.42. The van der Waals surface area contributed by atoms with Crippen LogP contribution in [0.15, 0.2) is 15.7 Å². The molecule has 1 heterocycles. The number of hydrogen-bond acceptors (Lipinski definition) is 4. The van der Waals surface area contributed by atoms with Gasteiger partial charge in [0.2, 0.25) is 0 Å². The summed E-state index contributed by atoms with van der Waals surface area (Å²) in [4.78, 5) is 6.66. The molecule has 1 aliphatic heterocycles. The van der Waals surface area contributed by atoms with Crippen molar-refractivity contribution in [2.45, 2.75) is 20.3 Å².